The lowest BCUT2D eigenvalue weighted by molar-refractivity contribution is -0.140. The van der Waals surface area contributed by atoms with E-state index in [9.17, 15) is 14.4 Å². The molecule has 0 aromatic carbocycles. The number of amides is 3. The van der Waals surface area contributed by atoms with E-state index in [-0.39, 0.29) is 0 Å². The van der Waals surface area contributed by atoms with Gasteiger partial charge in [0.1, 0.15) is 6.04 Å². The number of hydrogen-bond acceptors (Lipinski definition) is 4. The molecule has 0 spiro atoms. The first kappa shape index (κ1) is 16.0. The summed E-state index contributed by atoms with van der Waals surface area (Å²) in [7, 11) is 0. The van der Waals surface area contributed by atoms with Crippen molar-refractivity contribution in [3.63, 3.8) is 0 Å². The molecule has 1 aromatic rings. The van der Waals surface area contributed by atoms with Crippen LogP contribution in [-0.2, 0) is 22.6 Å². The van der Waals surface area contributed by atoms with E-state index in [1.54, 1.807) is 0 Å². The first-order valence-corrected chi connectivity index (χ1v) is 6.92. The van der Waals surface area contributed by atoms with Crippen molar-refractivity contribution in [2.24, 2.45) is 5.73 Å². The van der Waals surface area contributed by atoms with Gasteiger partial charge in [0.05, 0.1) is 13.0 Å². The molecule has 1 heterocycles. The minimum Gasteiger partial charge on any atom is -0.480 e. The van der Waals surface area contributed by atoms with Crippen molar-refractivity contribution in [2.45, 2.75) is 32.4 Å². The van der Waals surface area contributed by atoms with Crippen LogP contribution < -0.4 is 16.4 Å². The Morgan fingerprint density at radius 2 is 2.15 bits per heavy atom. The molecule has 1 atom stereocenters. The molecule has 0 aliphatic rings. The summed E-state index contributed by atoms with van der Waals surface area (Å²) >= 11 is 1.52. The zero-order valence-corrected chi connectivity index (χ0v) is 11.8. The van der Waals surface area contributed by atoms with Crippen LogP contribution in [0.25, 0.3) is 0 Å². The lowest BCUT2D eigenvalue weighted by atomic mass is 10.2. The Bertz CT molecular complexity index is 501. The number of nitrogens with two attached hydrogens (primary N) is 1. The van der Waals surface area contributed by atoms with E-state index in [0.717, 1.165) is 16.9 Å². The number of aliphatic carboxylic acids is 1. The van der Waals surface area contributed by atoms with Crippen LogP contribution in [0.4, 0.5) is 4.79 Å². The predicted octanol–water partition coefficient (Wildman–Crippen LogP) is 0.438. The number of carboxylic acid groups (broad SMARTS) is 1. The van der Waals surface area contributed by atoms with Crippen molar-refractivity contribution in [2.75, 3.05) is 0 Å². The minimum absolute atomic E-state index is 0.315. The van der Waals surface area contributed by atoms with Crippen LogP contribution in [0.5, 0.6) is 0 Å². The number of carbonyl (C=O) groups is 3. The van der Waals surface area contributed by atoms with Gasteiger partial charge in [-0.05, 0) is 23.4 Å². The molecule has 110 valence electrons. The molecule has 5 N–H and O–H groups in total. The van der Waals surface area contributed by atoms with Crippen LogP contribution in [0.1, 0.15) is 23.8 Å². The lowest BCUT2D eigenvalue weighted by Gasteiger charge is -2.13. The smallest absolute Gasteiger partial charge is 0.326 e. The van der Waals surface area contributed by atoms with Gasteiger partial charge in [0.25, 0.3) is 0 Å². The number of primary amides is 1. The van der Waals surface area contributed by atoms with Crippen LogP contribution in [0, 0.1) is 0 Å². The molecule has 0 radical (unpaired) electrons. The van der Waals surface area contributed by atoms with E-state index < -0.39 is 30.4 Å². The lowest BCUT2D eigenvalue weighted by Crippen LogP contribution is -2.47. The molecule has 8 heteroatoms. The Balaban J connectivity index is 2.50. The second-order valence-corrected chi connectivity index (χ2v) is 5.11. The monoisotopic (exact) mass is 299 g/mol. The molecule has 0 saturated carbocycles. The van der Waals surface area contributed by atoms with E-state index in [1.807, 2.05) is 18.4 Å². The predicted molar refractivity (Wildman–Crippen MR) is 74.3 cm³/mol. The molecule has 0 bridgehead atoms. The van der Waals surface area contributed by atoms with E-state index in [2.05, 4.69) is 10.6 Å². The number of urea groups is 1. The van der Waals surface area contributed by atoms with Gasteiger partial charge >= 0.3 is 12.0 Å². The summed E-state index contributed by atoms with van der Waals surface area (Å²) in [6.45, 7) is 2.33. The van der Waals surface area contributed by atoms with Crippen LogP contribution in [0.15, 0.2) is 11.4 Å². The Morgan fingerprint density at radius 1 is 1.45 bits per heavy atom. The maximum atomic E-state index is 11.6. The Labute approximate surface area is 120 Å². The maximum Gasteiger partial charge on any atom is 0.326 e. The molecule has 0 unspecified atom stereocenters. The van der Waals surface area contributed by atoms with Gasteiger partial charge in [-0.1, -0.05) is 6.92 Å². The van der Waals surface area contributed by atoms with Crippen molar-refractivity contribution in [3.8, 4) is 0 Å². The Hall–Kier alpha value is -2.09. The van der Waals surface area contributed by atoms with Crippen molar-refractivity contribution >= 4 is 29.2 Å². The number of carboxylic acids is 1. The first-order valence-electron chi connectivity index (χ1n) is 6.04. The average molecular weight is 299 g/mol. The highest BCUT2D eigenvalue weighted by Crippen LogP contribution is 2.16. The van der Waals surface area contributed by atoms with Gasteiger partial charge < -0.3 is 21.5 Å². The van der Waals surface area contributed by atoms with Gasteiger partial charge in [-0.15, -0.1) is 11.3 Å². The number of carbonyl (C=O) groups excluding carboxylic acids is 2. The molecule has 0 fully saturated rings. The van der Waals surface area contributed by atoms with Crippen molar-refractivity contribution in [1.82, 2.24) is 10.6 Å². The summed E-state index contributed by atoms with van der Waals surface area (Å²) in [5.41, 5.74) is 6.06. The molecule has 7 nitrogen and oxygen atoms in total. The Morgan fingerprint density at radius 3 is 2.70 bits per heavy atom. The fourth-order valence-electron chi connectivity index (χ4n) is 1.61. The molecule has 1 aromatic heterocycles. The van der Waals surface area contributed by atoms with Gasteiger partial charge in [0.2, 0.25) is 5.91 Å². The molecule has 3 amide bonds. The third kappa shape index (κ3) is 4.88. The topological polar surface area (TPSA) is 122 Å². The molecule has 0 saturated heterocycles. The summed E-state index contributed by atoms with van der Waals surface area (Å²) in [5, 5.41) is 15.6. The standard InChI is InChI=1S/C12H17N3O4S/c1-2-7-3-4-20-9(7)6-14-12(19)15-8(11(17)18)5-10(13)16/h3-4,8H,2,5-6H2,1H3,(H2,13,16)(H,17,18)(H2,14,15,19)/t8-/m0/s1. The molecule has 20 heavy (non-hydrogen) atoms. The summed E-state index contributed by atoms with van der Waals surface area (Å²) < 4.78 is 0. The molecule has 0 aliphatic carbocycles. The van der Waals surface area contributed by atoms with E-state index in [4.69, 9.17) is 10.8 Å². The summed E-state index contributed by atoms with van der Waals surface area (Å²) in [5.74, 6) is -2.09. The van der Waals surface area contributed by atoms with Crippen LogP contribution in [-0.4, -0.2) is 29.1 Å². The third-order valence-electron chi connectivity index (χ3n) is 2.64. The van der Waals surface area contributed by atoms with Gasteiger partial charge in [-0.3, -0.25) is 4.79 Å². The second kappa shape index (κ2) is 7.49. The van der Waals surface area contributed by atoms with Crippen LogP contribution in [0.3, 0.4) is 0 Å². The van der Waals surface area contributed by atoms with Crippen molar-refractivity contribution in [3.05, 3.63) is 21.9 Å². The number of aryl methyl sites for hydroxylation is 1. The largest absolute Gasteiger partial charge is 0.480 e. The SMILES string of the molecule is CCc1ccsc1CNC(=O)N[C@@H](CC(N)=O)C(=O)O. The highest BCUT2D eigenvalue weighted by atomic mass is 32.1. The summed E-state index contributed by atoms with van der Waals surface area (Å²) in [6, 6.07) is 0.0165. The zero-order valence-electron chi connectivity index (χ0n) is 11.0. The molecular weight excluding hydrogens is 282 g/mol. The zero-order chi connectivity index (χ0) is 15.1. The van der Waals surface area contributed by atoms with Crippen molar-refractivity contribution in [1.29, 1.82) is 0 Å². The van der Waals surface area contributed by atoms with Crippen LogP contribution >= 0.6 is 11.3 Å². The quantitative estimate of drug-likeness (QED) is 0.583. The van der Waals surface area contributed by atoms with Gasteiger partial charge in [0.15, 0.2) is 0 Å². The van der Waals surface area contributed by atoms with E-state index >= 15 is 0 Å². The normalized spacial score (nSPS) is 11.7. The number of thiophene rings is 1. The Kier molecular flexibility index (Phi) is 5.98. The van der Waals surface area contributed by atoms with Crippen LogP contribution in [0.2, 0.25) is 0 Å². The molecule has 1 rings (SSSR count). The summed E-state index contributed by atoms with van der Waals surface area (Å²) in [4.78, 5) is 34.2. The van der Waals surface area contributed by atoms with E-state index in [1.165, 1.54) is 11.3 Å². The highest BCUT2D eigenvalue weighted by Gasteiger charge is 2.22. The fourth-order valence-corrected chi connectivity index (χ4v) is 2.52. The summed E-state index contributed by atoms with van der Waals surface area (Å²) in [6.07, 6.45) is 0.420. The minimum atomic E-state index is -1.32. The molecular formula is C12H17N3O4S. The first-order chi connectivity index (χ1) is 9.43. The van der Waals surface area contributed by atoms with Crippen molar-refractivity contribution < 1.29 is 19.5 Å². The maximum absolute atomic E-state index is 11.6. The number of rotatable bonds is 7. The molecule has 0 aliphatic heterocycles. The van der Waals surface area contributed by atoms with Gasteiger partial charge in [-0.2, -0.15) is 0 Å². The third-order valence-corrected chi connectivity index (χ3v) is 3.60. The van der Waals surface area contributed by atoms with E-state index in [0.29, 0.717) is 6.54 Å². The van der Waals surface area contributed by atoms with Gasteiger partial charge in [-0.25, -0.2) is 9.59 Å². The second-order valence-electron chi connectivity index (χ2n) is 4.11. The average Bonchev–Trinajstić information content (AvgIpc) is 2.82. The number of nitrogens with one attached hydrogen (secondary N) is 2. The highest BCUT2D eigenvalue weighted by molar-refractivity contribution is 7.10. The number of hydrogen-bond donors (Lipinski definition) is 4. The van der Waals surface area contributed by atoms with Gasteiger partial charge in [0, 0.05) is 4.88 Å². The fraction of sp³-hybridized carbons (Fsp3) is 0.417.